The monoisotopic (exact) mass is 186 g/mol. The first kappa shape index (κ1) is 12.2. The Morgan fingerprint density at radius 1 is 1.62 bits per heavy atom. The van der Waals surface area contributed by atoms with E-state index in [4.69, 9.17) is 4.74 Å². The molecule has 3 heteroatoms. The van der Waals surface area contributed by atoms with Gasteiger partial charge in [0.25, 0.3) is 0 Å². The molecule has 1 atom stereocenters. The Hall–Kier alpha value is -0.830. The molecular weight excluding hydrogens is 168 g/mol. The molecule has 0 aliphatic heterocycles. The molecule has 13 heavy (non-hydrogen) atoms. The Bertz CT molecular complexity index is 201. The van der Waals surface area contributed by atoms with E-state index in [-0.39, 0.29) is 0 Å². The molecule has 0 radical (unpaired) electrons. The van der Waals surface area contributed by atoms with E-state index < -0.39 is 17.7 Å². The van der Waals surface area contributed by atoms with Crippen molar-refractivity contribution in [2.75, 3.05) is 0 Å². The minimum absolute atomic E-state index is 0.350. The van der Waals surface area contributed by atoms with Gasteiger partial charge in [-0.1, -0.05) is 13.5 Å². The number of hydrogen-bond acceptors (Lipinski definition) is 3. The van der Waals surface area contributed by atoms with Gasteiger partial charge < -0.3 is 9.84 Å². The van der Waals surface area contributed by atoms with Crippen molar-refractivity contribution < 1.29 is 14.6 Å². The summed E-state index contributed by atoms with van der Waals surface area (Å²) in [6.07, 6.45) is 0.111. The van der Waals surface area contributed by atoms with Crippen LogP contribution >= 0.6 is 0 Å². The van der Waals surface area contributed by atoms with Crippen molar-refractivity contribution >= 4 is 5.97 Å². The molecule has 0 bridgehead atoms. The summed E-state index contributed by atoms with van der Waals surface area (Å²) in [5, 5.41) is 9.60. The third kappa shape index (κ3) is 4.08. The highest BCUT2D eigenvalue weighted by molar-refractivity contribution is 5.87. The highest BCUT2D eigenvalue weighted by Gasteiger charge is 2.28. The lowest BCUT2D eigenvalue weighted by atomic mass is 10.00. The van der Waals surface area contributed by atoms with Crippen LogP contribution in [0.3, 0.4) is 0 Å². The summed E-state index contributed by atoms with van der Waals surface area (Å²) in [4.78, 5) is 11.1. The van der Waals surface area contributed by atoms with Crippen LogP contribution in [-0.4, -0.2) is 22.8 Å². The molecule has 0 spiro atoms. The first-order valence-corrected chi connectivity index (χ1v) is 4.38. The van der Waals surface area contributed by atoms with Gasteiger partial charge in [-0.3, -0.25) is 0 Å². The van der Waals surface area contributed by atoms with Crippen LogP contribution in [0.25, 0.3) is 0 Å². The van der Waals surface area contributed by atoms with Gasteiger partial charge in [0.15, 0.2) is 0 Å². The molecule has 1 N–H and O–H groups in total. The number of carbonyl (C=O) groups is 1. The van der Waals surface area contributed by atoms with Gasteiger partial charge in [0.2, 0.25) is 0 Å². The molecule has 3 nitrogen and oxygen atoms in total. The van der Waals surface area contributed by atoms with Gasteiger partial charge >= 0.3 is 5.97 Å². The lowest BCUT2D eigenvalue weighted by molar-refractivity contribution is -0.157. The zero-order chi connectivity index (χ0) is 10.6. The number of aliphatic hydroxyl groups is 1. The maximum atomic E-state index is 11.1. The van der Waals surface area contributed by atoms with Crippen molar-refractivity contribution in [2.45, 2.75) is 45.8 Å². The summed E-state index contributed by atoms with van der Waals surface area (Å²) >= 11 is 0. The molecule has 0 saturated heterocycles. The Morgan fingerprint density at radius 3 is 2.31 bits per heavy atom. The van der Waals surface area contributed by atoms with E-state index in [1.165, 1.54) is 0 Å². The van der Waals surface area contributed by atoms with Crippen LogP contribution in [0, 0.1) is 0 Å². The maximum Gasteiger partial charge on any atom is 0.333 e. The first-order valence-electron chi connectivity index (χ1n) is 4.38. The number of hydrogen-bond donors (Lipinski definition) is 1. The van der Waals surface area contributed by atoms with Crippen LogP contribution < -0.4 is 0 Å². The van der Waals surface area contributed by atoms with Gasteiger partial charge in [-0.2, -0.15) is 0 Å². The van der Waals surface area contributed by atoms with Crippen LogP contribution in [0.5, 0.6) is 0 Å². The van der Waals surface area contributed by atoms with Crippen LogP contribution in [0.1, 0.15) is 34.1 Å². The average Bonchev–Trinajstić information content (AvgIpc) is 1.96. The van der Waals surface area contributed by atoms with E-state index >= 15 is 0 Å². The minimum atomic E-state index is -1.00. The second-order valence-electron chi connectivity index (χ2n) is 3.74. The molecule has 1 unspecified atom stereocenters. The fraction of sp³-hybridized carbons (Fsp3) is 0.700. The standard InChI is InChI=1S/C10H18O3/c1-6-8(10(4,5)12)13-9(11)7(2)3/h8,12H,2,6H2,1,3-5H3. The van der Waals surface area contributed by atoms with Crippen LogP contribution in [0.2, 0.25) is 0 Å². The average molecular weight is 186 g/mol. The summed E-state index contributed by atoms with van der Waals surface area (Å²) in [7, 11) is 0. The summed E-state index contributed by atoms with van der Waals surface area (Å²) in [5.41, 5.74) is -0.650. The molecule has 0 amide bonds. The summed E-state index contributed by atoms with van der Waals surface area (Å²) < 4.78 is 5.04. The zero-order valence-corrected chi connectivity index (χ0v) is 8.76. The van der Waals surface area contributed by atoms with Crippen LogP contribution in [-0.2, 0) is 9.53 Å². The van der Waals surface area contributed by atoms with Crippen molar-refractivity contribution in [1.82, 2.24) is 0 Å². The topological polar surface area (TPSA) is 46.5 Å². The van der Waals surface area contributed by atoms with Crippen molar-refractivity contribution in [3.8, 4) is 0 Å². The van der Waals surface area contributed by atoms with Crippen molar-refractivity contribution in [3.05, 3.63) is 12.2 Å². The molecule has 0 aliphatic rings. The molecule has 76 valence electrons. The Labute approximate surface area is 79.4 Å². The van der Waals surface area contributed by atoms with Crippen molar-refractivity contribution in [1.29, 1.82) is 0 Å². The molecule has 0 aromatic carbocycles. The number of ether oxygens (including phenoxy) is 1. The predicted molar refractivity (Wildman–Crippen MR) is 51.3 cm³/mol. The molecule has 0 saturated carbocycles. The van der Waals surface area contributed by atoms with E-state index in [2.05, 4.69) is 6.58 Å². The van der Waals surface area contributed by atoms with Crippen LogP contribution in [0.4, 0.5) is 0 Å². The lowest BCUT2D eigenvalue weighted by Crippen LogP contribution is -2.39. The Morgan fingerprint density at radius 2 is 2.08 bits per heavy atom. The Kier molecular flexibility index (Phi) is 4.14. The minimum Gasteiger partial charge on any atom is -0.456 e. The molecule has 0 aromatic rings. The van der Waals surface area contributed by atoms with Gasteiger partial charge in [0, 0.05) is 5.57 Å². The van der Waals surface area contributed by atoms with Crippen LogP contribution in [0.15, 0.2) is 12.2 Å². The zero-order valence-electron chi connectivity index (χ0n) is 8.76. The van der Waals surface area contributed by atoms with Gasteiger partial charge in [-0.15, -0.1) is 0 Å². The van der Waals surface area contributed by atoms with Crippen molar-refractivity contribution in [3.63, 3.8) is 0 Å². The molecule has 0 heterocycles. The third-order valence-electron chi connectivity index (χ3n) is 1.76. The smallest absolute Gasteiger partial charge is 0.333 e. The summed E-state index contributed by atoms with van der Waals surface area (Å²) in [5.74, 6) is -0.450. The largest absolute Gasteiger partial charge is 0.456 e. The second kappa shape index (κ2) is 4.42. The molecular formula is C10H18O3. The fourth-order valence-corrected chi connectivity index (χ4v) is 0.957. The highest BCUT2D eigenvalue weighted by atomic mass is 16.6. The van der Waals surface area contributed by atoms with E-state index in [0.29, 0.717) is 12.0 Å². The normalized spacial score (nSPS) is 13.6. The SMILES string of the molecule is C=C(C)C(=O)OC(CC)C(C)(C)O. The van der Waals surface area contributed by atoms with Gasteiger partial charge in [0.05, 0.1) is 5.60 Å². The number of rotatable bonds is 4. The van der Waals surface area contributed by atoms with E-state index in [1.807, 2.05) is 6.92 Å². The molecule has 0 aliphatic carbocycles. The fourth-order valence-electron chi connectivity index (χ4n) is 0.957. The van der Waals surface area contributed by atoms with E-state index in [9.17, 15) is 9.90 Å². The van der Waals surface area contributed by atoms with Gasteiger partial charge in [0.1, 0.15) is 6.10 Å². The van der Waals surface area contributed by atoms with E-state index in [0.717, 1.165) is 0 Å². The third-order valence-corrected chi connectivity index (χ3v) is 1.76. The predicted octanol–water partition coefficient (Wildman–Crippen LogP) is 1.66. The Balaban J connectivity index is 4.31. The molecule has 0 rings (SSSR count). The quantitative estimate of drug-likeness (QED) is 0.536. The highest BCUT2D eigenvalue weighted by Crippen LogP contribution is 2.16. The number of esters is 1. The molecule has 0 fully saturated rings. The summed E-state index contributed by atoms with van der Waals surface area (Å²) in [6.45, 7) is 10.1. The maximum absolute atomic E-state index is 11.1. The van der Waals surface area contributed by atoms with E-state index in [1.54, 1.807) is 20.8 Å². The summed E-state index contributed by atoms with van der Waals surface area (Å²) in [6, 6.07) is 0. The van der Waals surface area contributed by atoms with Gasteiger partial charge in [-0.05, 0) is 27.2 Å². The van der Waals surface area contributed by atoms with Gasteiger partial charge in [-0.25, -0.2) is 4.79 Å². The number of carbonyl (C=O) groups excluding carboxylic acids is 1. The molecule has 0 aromatic heterocycles. The van der Waals surface area contributed by atoms with Crippen molar-refractivity contribution in [2.24, 2.45) is 0 Å². The first-order chi connectivity index (χ1) is 5.79. The second-order valence-corrected chi connectivity index (χ2v) is 3.74. The lowest BCUT2D eigenvalue weighted by Gasteiger charge is -2.27.